The van der Waals surface area contributed by atoms with Crippen LogP contribution in [0.15, 0.2) is 30.3 Å². The summed E-state index contributed by atoms with van der Waals surface area (Å²) in [5.74, 6) is 0.174. The molecule has 0 bridgehead atoms. The maximum atomic E-state index is 10.5. The van der Waals surface area contributed by atoms with Crippen molar-refractivity contribution < 1.29 is 20.4 Å². The Morgan fingerprint density at radius 3 is 2.04 bits per heavy atom. The van der Waals surface area contributed by atoms with Crippen molar-refractivity contribution in [3.63, 3.8) is 0 Å². The molecule has 3 aromatic rings. The first-order valence-electron chi connectivity index (χ1n) is 7.29. The molecule has 118 valence electrons. The Balaban J connectivity index is 2.42. The van der Waals surface area contributed by atoms with Gasteiger partial charge < -0.3 is 20.4 Å². The van der Waals surface area contributed by atoms with Gasteiger partial charge >= 0.3 is 0 Å². The van der Waals surface area contributed by atoms with Crippen LogP contribution in [0.5, 0.6) is 23.0 Å². The molecular weight excluding hydrogens is 292 g/mol. The van der Waals surface area contributed by atoms with Crippen LogP contribution in [0.4, 0.5) is 0 Å². The lowest BCUT2D eigenvalue weighted by molar-refractivity contribution is 0.449. The van der Waals surface area contributed by atoms with E-state index in [9.17, 15) is 20.4 Å². The third-order valence-corrected chi connectivity index (χ3v) is 4.48. The highest BCUT2D eigenvalue weighted by molar-refractivity contribution is 5.96. The first kappa shape index (κ1) is 15.0. The number of aromatic hydroxyl groups is 4. The number of hydrogen-bond acceptors (Lipinski definition) is 4. The molecule has 3 aromatic carbocycles. The van der Waals surface area contributed by atoms with Crippen LogP contribution in [-0.2, 0) is 0 Å². The zero-order chi connectivity index (χ0) is 16.9. The van der Waals surface area contributed by atoms with Gasteiger partial charge in [-0.15, -0.1) is 0 Å². The average Bonchev–Trinajstić information content (AvgIpc) is 2.52. The Labute approximate surface area is 133 Å². The van der Waals surface area contributed by atoms with Crippen molar-refractivity contribution in [1.29, 1.82) is 0 Å². The van der Waals surface area contributed by atoms with E-state index in [0.717, 1.165) is 0 Å². The number of phenols is 4. The summed E-state index contributed by atoms with van der Waals surface area (Å²) in [5.41, 5.74) is 2.38. The van der Waals surface area contributed by atoms with E-state index in [1.54, 1.807) is 45.0 Å². The van der Waals surface area contributed by atoms with Gasteiger partial charge in [-0.3, -0.25) is 0 Å². The summed E-state index contributed by atoms with van der Waals surface area (Å²) in [6, 6.07) is 8.20. The minimum absolute atomic E-state index is 0.0165. The molecule has 0 unspecified atom stereocenters. The van der Waals surface area contributed by atoms with Crippen molar-refractivity contribution in [2.75, 3.05) is 0 Å². The molecule has 0 fully saturated rings. The highest BCUT2D eigenvalue weighted by atomic mass is 16.3. The number of benzene rings is 3. The van der Waals surface area contributed by atoms with Crippen molar-refractivity contribution in [2.24, 2.45) is 0 Å². The third kappa shape index (κ3) is 2.14. The van der Waals surface area contributed by atoms with Crippen LogP contribution >= 0.6 is 0 Å². The molecule has 23 heavy (non-hydrogen) atoms. The van der Waals surface area contributed by atoms with E-state index in [2.05, 4.69) is 0 Å². The Morgan fingerprint density at radius 1 is 0.696 bits per heavy atom. The molecule has 4 N–H and O–H groups in total. The summed E-state index contributed by atoms with van der Waals surface area (Å²) in [7, 11) is 0. The van der Waals surface area contributed by atoms with Gasteiger partial charge in [0.2, 0.25) is 0 Å². The number of hydrogen-bond donors (Lipinski definition) is 4. The van der Waals surface area contributed by atoms with Crippen LogP contribution < -0.4 is 0 Å². The van der Waals surface area contributed by atoms with Crippen LogP contribution in [-0.4, -0.2) is 20.4 Å². The lowest BCUT2D eigenvalue weighted by Gasteiger charge is -2.17. The van der Waals surface area contributed by atoms with Gasteiger partial charge in [0, 0.05) is 22.1 Å². The fourth-order valence-electron chi connectivity index (χ4n) is 2.95. The third-order valence-electron chi connectivity index (χ3n) is 4.48. The molecule has 0 spiro atoms. The van der Waals surface area contributed by atoms with Crippen molar-refractivity contribution in [2.45, 2.75) is 20.8 Å². The molecule has 0 saturated heterocycles. The van der Waals surface area contributed by atoms with Gasteiger partial charge in [0.05, 0.1) is 0 Å². The number of rotatable bonds is 1. The van der Waals surface area contributed by atoms with Gasteiger partial charge in [-0.1, -0.05) is 12.1 Å². The zero-order valence-corrected chi connectivity index (χ0v) is 13.2. The predicted octanol–water partition coefficient (Wildman–Crippen LogP) is 4.25. The molecule has 0 amide bonds. The smallest absolute Gasteiger partial charge is 0.127 e. The van der Waals surface area contributed by atoms with Gasteiger partial charge in [-0.25, -0.2) is 0 Å². The topological polar surface area (TPSA) is 80.9 Å². The maximum absolute atomic E-state index is 10.5. The van der Waals surface area contributed by atoms with E-state index in [-0.39, 0.29) is 23.0 Å². The molecular formula is C19H18O4. The van der Waals surface area contributed by atoms with Crippen LogP contribution in [0, 0.1) is 20.8 Å². The summed E-state index contributed by atoms with van der Waals surface area (Å²) in [6.07, 6.45) is 0. The normalized spacial score (nSPS) is 11.1. The van der Waals surface area contributed by atoms with Crippen LogP contribution in [0.2, 0.25) is 0 Å². The molecule has 0 radical (unpaired) electrons. The summed E-state index contributed by atoms with van der Waals surface area (Å²) < 4.78 is 0. The lowest BCUT2D eigenvalue weighted by Crippen LogP contribution is -1.93. The van der Waals surface area contributed by atoms with Gasteiger partial charge in [-0.2, -0.15) is 0 Å². The van der Waals surface area contributed by atoms with Gasteiger partial charge in [0.25, 0.3) is 0 Å². The standard InChI is InChI=1S/C19H18O4/c1-9-10(2)19(23)17(11(3)18(9)22)14-8-13-12(7-16(14)21)5-4-6-15(13)20/h4-8,20-23H,1-3H3. The molecule has 0 aliphatic rings. The first-order chi connectivity index (χ1) is 10.8. The lowest BCUT2D eigenvalue weighted by atomic mass is 9.91. The molecule has 0 saturated carbocycles. The predicted molar refractivity (Wildman–Crippen MR) is 90.3 cm³/mol. The fraction of sp³-hybridized carbons (Fsp3) is 0.158. The summed E-state index contributed by atoms with van der Waals surface area (Å²) in [5, 5.41) is 42.5. The Morgan fingerprint density at radius 2 is 1.35 bits per heavy atom. The van der Waals surface area contributed by atoms with Crippen LogP contribution in [0.25, 0.3) is 21.9 Å². The molecule has 0 aliphatic heterocycles. The molecule has 4 nitrogen and oxygen atoms in total. The second-order valence-corrected chi connectivity index (χ2v) is 5.81. The average molecular weight is 310 g/mol. The quantitative estimate of drug-likeness (QED) is 0.506. The van der Waals surface area contributed by atoms with E-state index >= 15 is 0 Å². The zero-order valence-electron chi connectivity index (χ0n) is 13.2. The van der Waals surface area contributed by atoms with Crippen LogP contribution in [0.3, 0.4) is 0 Å². The Bertz CT molecular complexity index is 913. The fourth-order valence-corrected chi connectivity index (χ4v) is 2.95. The summed E-state index contributed by atoms with van der Waals surface area (Å²) >= 11 is 0. The molecule has 4 heteroatoms. The van der Waals surface area contributed by atoms with Crippen molar-refractivity contribution in [1.82, 2.24) is 0 Å². The second kappa shape index (κ2) is 5.09. The second-order valence-electron chi connectivity index (χ2n) is 5.81. The van der Waals surface area contributed by atoms with Crippen LogP contribution in [0.1, 0.15) is 16.7 Å². The Hall–Kier alpha value is -2.88. The van der Waals surface area contributed by atoms with E-state index in [4.69, 9.17) is 0 Å². The van der Waals surface area contributed by atoms with Gasteiger partial charge in [-0.05, 0) is 55.5 Å². The van der Waals surface area contributed by atoms with E-state index in [1.165, 1.54) is 6.07 Å². The largest absolute Gasteiger partial charge is 0.507 e. The molecule has 0 atom stereocenters. The first-order valence-corrected chi connectivity index (χ1v) is 7.29. The van der Waals surface area contributed by atoms with E-state index in [1.807, 2.05) is 0 Å². The number of fused-ring (bicyclic) bond motifs is 1. The summed E-state index contributed by atoms with van der Waals surface area (Å²) in [6.45, 7) is 5.13. The highest BCUT2D eigenvalue weighted by Gasteiger charge is 2.20. The van der Waals surface area contributed by atoms with Crippen molar-refractivity contribution >= 4 is 10.8 Å². The SMILES string of the molecule is Cc1c(C)c(O)c(-c2cc3c(O)cccc3cc2O)c(C)c1O. The Kier molecular flexibility index (Phi) is 3.33. The molecule has 0 aromatic heterocycles. The van der Waals surface area contributed by atoms with Crippen molar-refractivity contribution in [3.8, 4) is 34.1 Å². The monoisotopic (exact) mass is 310 g/mol. The van der Waals surface area contributed by atoms with Gasteiger partial charge in [0.1, 0.15) is 23.0 Å². The van der Waals surface area contributed by atoms with Crippen molar-refractivity contribution in [3.05, 3.63) is 47.0 Å². The van der Waals surface area contributed by atoms with Gasteiger partial charge in [0.15, 0.2) is 0 Å². The van der Waals surface area contributed by atoms with E-state index < -0.39 is 0 Å². The summed E-state index contributed by atoms with van der Waals surface area (Å²) in [4.78, 5) is 0. The minimum atomic E-state index is -0.0239. The molecule has 3 rings (SSSR count). The minimum Gasteiger partial charge on any atom is -0.507 e. The highest BCUT2D eigenvalue weighted by Crippen LogP contribution is 2.46. The van der Waals surface area contributed by atoms with E-state index in [0.29, 0.717) is 38.6 Å². The molecule has 0 aliphatic carbocycles. The maximum Gasteiger partial charge on any atom is 0.127 e. The number of phenolic OH excluding ortho intramolecular Hbond substituents is 4. The molecule has 0 heterocycles.